The Morgan fingerprint density at radius 2 is 1.81 bits per heavy atom. The lowest BCUT2D eigenvalue weighted by Crippen LogP contribution is -2.13. The minimum Gasteiger partial charge on any atom is -0.481 e. The van der Waals surface area contributed by atoms with Crippen molar-refractivity contribution in [3.8, 4) is 11.8 Å². The van der Waals surface area contributed by atoms with Crippen molar-refractivity contribution in [2.45, 2.75) is 0 Å². The number of nitrogens with two attached hydrogens (primary N) is 1. The average Bonchev–Trinajstić information content (AvgIpc) is 2.50. The van der Waals surface area contributed by atoms with Gasteiger partial charge >= 0.3 is 0 Å². The predicted molar refractivity (Wildman–Crippen MR) is 74.4 cm³/mol. The fourth-order valence-electron chi connectivity index (χ4n) is 1.62. The molecule has 6 nitrogen and oxygen atoms in total. The summed E-state index contributed by atoms with van der Waals surface area (Å²) in [6.45, 7) is 0. The summed E-state index contributed by atoms with van der Waals surface area (Å²) >= 11 is 5.80. The van der Waals surface area contributed by atoms with Crippen LogP contribution in [0.1, 0.15) is 16.2 Å². The lowest BCUT2D eigenvalue weighted by atomic mass is 10.1. The van der Waals surface area contributed by atoms with E-state index in [9.17, 15) is 9.18 Å². The molecule has 0 spiro atoms. The number of anilines is 1. The van der Waals surface area contributed by atoms with Crippen LogP contribution in [-0.2, 0) is 0 Å². The molecule has 0 saturated heterocycles. The zero-order valence-corrected chi connectivity index (χ0v) is 11.9. The summed E-state index contributed by atoms with van der Waals surface area (Å²) < 4.78 is 23.7. The highest BCUT2D eigenvalue weighted by Crippen LogP contribution is 2.27. The summed E-state index contributed by atoms with van der Waals surface area (Å²) in [5, 5.41) is 0.0645. The number of hydrogen-bond acceptors (Lipinski definition) is 6. The first-order valence-electron chi connectivity index (χ1n) is 5.73. The highest BCUT2D eigenvalue weighted by molar-refractivity contribution is 6.34. The Kier molecular flexibility index (Phi) is 4.23. The standard InChI is InChI=1S/C13H11ClFN3O3/c1-20-8-5-9(21-2)18-13(17-8)12(19)10-7(15)4-3-6(14)11(10)16/h3-5H,16H2,1-2H3. The largest absolute Gasteiger partial charge is 0.481 e. The molecule has 0 fully saturated rings. The summed E-state index contributed by atoms with van der Waals surface area (Å²) in [7, 11) is 2.73. The Bertz CT molecular complexity index is 687. The topological polar surface area (TPSA) is 87.3 Å². The number of rotatable bonds is 4. The van der Waals surface area contributed by atoms with Crippen LogP contribution in [0.25, 0.3) is 0 Å². The molecule has 0 bridgehead atoms. The molecule has 1 heterocycles. The summed E-state index contributed by atoms with van der Waals surface area (Å²) in [6.07, 6.45) is 0. The molecule has 2 aromatic rings. The second-order valence-corrected chi connectivity index (χ2v) is 4.33. The molecule has 8 heteroatoms. The molecule has 2 rings (SSSR count). The first kappa shape index (κ1) is 15.0. The fraction of sp³-hybridized carbons (Fsp3) is 0.154. The molecule has 110 valence electrons. The van der Waals surface area contributed by atoms with Crippen molar-refractivity contribution in [2.24, 2.45) is 0 Å². The number of benzene rings is 1. The fourth-order valence-corrected chi connectivity index (χ4v) is 1.78. The third-order valence-electron chi connectivity index (χ3n) is 2.67. The van der Waals surface area contributed by atoms with E-state index in [4.69, 9.17) is 26.8 Å². The number of methoxy groups -OCH3 is 2. The molecule has 0 unspecified atom stereocenters. The van der Waals surface area contributed by atoms with Crippen molar-refractivity contribution in [1.29, 1.82) is 0 Å². The number of nitrogen functional groups attached to an aromatic ring is 1. The van der Waals surface area contributed by atoms with Gasteiger partial charge in [0, 0.05) is 0 Å². The highest BCUT2D eigenvalue weighted by atomic mass is 35.5. The first-order chi connectivity index (χ1) is 9.97. The van der Waals surface area contributed by atoms with Crippen LogP contribution in [0.3, 0.4) is 0 Å². The van der Waals surface area contributed by atoms with Crippen LogP contribution in [0.2, 0.25) is 5.02 Å². The van der Waals surface area contributed by atoms with E-state index in [2.05, 4.69) is 9.97 Å². The van der Waals surface area contributed by atoms with Crippen LogP contribution in [0.4, 0.5) is 10.1 Å². The van der Waals surface area contributed by atoms with E-state index >= 15 is 0 Å². The zero-order chi connectivity index (χ0) is 15.6. The molecule has 0 aliphatic heterocycles. The maximum Gasteiger partial charge on any atom is 0.235 e. The van der Waals surface area contributed by atoms with Crippen LogP contribution < -0.4 is 15.2 Å². The monoisotopic (exact) mass is 311 g/mol. The normalized spacial score (nSPS) is 10.3. The van der Waals surface area contributed by atoms with Crippen molar-refractivity contribution >= 4 is 23.1 Å². The summed E-state index contributed by atoms with van der Waals surface area (Å²) in [6, 6.07) is 3.69. The molecule has 1 aromatic heterocycles. The molecule has 2 N–H and O–H groups in total. The third kappa shape index (κ3) is 2.87. The van der Waals surface area contributed by atoms with Gasteiger partial charge in [0.2, 0.25) is 23.4 Å². The lowest BCUT2D eigenvalue weighted by Gasteiger charge is -2.09. The van der Waals surface area contributed by atoms with Crippen LogP contribution in [0, 0.1) is 5.82 Å². The Hall–Kier alpha value is -2.41. The van der Waals surface area contributed by atoms with Crippen LogP contribution in [-0.4, -0.2) is 30.0 Å². The Balaban J connectivity index is 2.57. The van der Waals surface area contributed by atoms with Gasteiger partial charge in [-0.25, -0.2) is 4.39 Å². The van der Waals surface area contributed by atoms with Crippen LogP contribution in [0.15, 0.2) is 18.2 Å². The van der Waals surface area contributed by atoms with E-state index in [0.717, 1.165) is 6.07 Å². The van der Waals surface area contributed by atoms with E-state index in [0.29, 0.717) is 0 Å². The van der Waals surface area contributed by atoms with Gasteiger partial charge in [-0.3, -0.25) is 4.79 Å². The molecular weight excluding hydrogens is 301 g/mol. The summed E-state index contributed by atoms with van der Waals surface area (Å²) in [5.74, 6) is -1.73. The SMILES string of the molecule is COc1cc(OC)nc(C(=O)c2c(F)ccc(Cl)c2N)n1. The van der Waals surface area contributed by atoms with Gasteiger partial charge in [-0.05, 0) is 12.1 Å². The number of halogens is 2. The molecule has 0 atom stereocenters. The van der Waals surface area contributed by atoms with Gasteiger partial charge in [0.05, 0.1) is 36.6 Å². The highest BCUT2D eigenvalue weighted by Gasteiger charge is 2.23. The van der Waals surface area contributed by atoms with Gasteiger partial charge in [-0.15, -0.1) is 0 Å². The maximum absolute atomic E-state index is 13.9. The zero-order valence-electron chi connectivity index (χ0n) is 11.2. The molecule has 1 aromatic carbocycles. The Morgan fingerprint density at radius 3 is 2.33 bits per heavy atom. The van der Waals surface area contributed by atoms with Gasteiger partial charge in [0.1, 0.15) is 5.82 Å². The van der Waals surface area contributed by atoms with Crippen molar-refractivity contribution in [3.63, 3.8) is 0 Å². The smallest absolute Gasteiger partial charge is 0.235 e. The number of aromatic nitrogens is 2. The Morgan fingerprint density at radius 1 is 1.24 bits per heavy atom. The molecule has 0 amide bonds. The number of ether oxygens (including phenoxy) is 2. The number of ketones is 1. The molecule has 0 aliphatic carbocycles. The van der Waals surface area contributed by atoms with Crippen LogP contribution >= 0.6 is 11.6 Å². The van der Waals surface area contributed by atoms with Crippen molar-refractivity contribution in [2.75, 3.05) is 20.0 Å². The number of carbonyl (C=O) groups excluding carboxylic acids is 1. The minimum absolute atomic E-state index is 0.0645. The molecular formula is C13H11ClFN3O3. The molecule has 0 aliphatic rings. The third-order valence-corrected chi connectivity index (χ3v) is 3.00. The lowest BCUT2D eigenvalue weighted by molar-refractivity contribution is 0.102. The van der Waals surface area contributed by atoms with E-state index in [-0.39, 0.29) is 28.3 Å². The quantitative estimate of drug-likeness (QED) is 0.687. The number of carbonyl (C=O) groups is 1. The van der Waals surface area contributed by atoms with E-state index in [1.807, 2.05) is 0 Å². The number of nitrogens with zero attached hydrogens (tertiary/aromatic N) is 2. The van der Waals surface area contributed by atoms with E-state index < -0.39 is 17.2 Å². The second-order valence-electron chi connectivity index (χ2n) is 3.92. The van der Waals surface area contributed by atoms with Gasteiger partial charge < -0.3 is 15.2 Å². The minimum atomic E-state index is -0.815. The maximum atomic E-state index is 13.9. The van der Waals surface area contributed by atoms with Gasteiger partial charge in [0.15, 0.2) is 0 Å². The first-order valence-corrected chi connectivity index (χ1v) is 6.11. The molecule has 0 radical (unpaired) electrons. The van der Waals surface area contributed by atoms with E-state index in [1.165, 1.54) is 26.4 Å². The average molecular weight is 312 g/mol. The summed E-state index contributed by atoms with van der Waals surface area (Å²) in [4.78, 5) is 20.1. The Labute approximate surface area is 124 Å². The summed E-state index contributed by atoms with van der Waals surface area (Å²) in [5.41, 5.74) is 5.09. The van der Waals surface area contributed by atoms with Crippen LogP contribution in [0.5, 0.6) is 11.8 Å². The van der Waals surface area contributed by atoms with E-state index in [1.54, 1.807) is 0 Å². The molecule has 21 heavy (non-hydrogen) atoms. The van der Waals surface area contributed by atoms with Crippen molar-refractivity contribution in [3.05, 3.63) is 40.4 Å². The molecule has 0 saturated carbocycles. The van der Waals surface area contributed by atoms with Gasteiger partial charge in [0.25, 0.3) is 0 Å². The number of hydrogen-bond donors (Lipinski definition) is 1. The second kappa shape index (κ2) is 5.92. The van der Waals surface area contributed by atoms with Gasteiger partial charge in [-0.2, -0.15) is 9.97 Å². The van der Waals surface area contributed by atoms with Gasteiger partial charge in [-0.1, -0.05) is 11.6 Å². The van der Waals surface area contributed by atoms with Crippen molar-refractivity contribution < 1.29 is 18.7 Å². The predicted octanol–water partition coefficient (Wildman–Crippen LogP) is 2.10. The van der Waals surface area contributed by atoms with Crippen molar-refractivity contribution in [1.82, 2.24) is 9.97 Å².